The summed E-state index contributed by atoms with van der Waals surface area (Å²) in [5, 5.41) is 3.40. The third-order valence-corrected chi connectivity index (χ3v) is 5.29. The largest absolute Gasteiger partial charge is 0.375 e. The second kappa shape index (κ2) is 6.35. The summed E-state index contributed by atoms with van der Waals surface area (Å²) in [6, 6.07) is 5.25. The van der Waals surface area contributed by atoms with Crippen LogP contribution in [0.1, 0.15) is 35.9 Å². The highest BCUT2D eigenvalue weighted by atomic mass is 32.1. The van der Waals surface area contributed by atoms with E-state index >= 15 is 0 Å². The first kappa shape index (κ1) is 13.6. The minimum atomic E-state index is 0.509. The summed E-state index contributed by atoms with van der Waals surface area (Å²) < 4.78 is 5.88. The fraction of sp³-hybridized carbons (Fsp3) is 0.733. The normalized spacial score (nSPS) is 27.6. The molecule has 1 saturated heterocycles. The van der Waals surface area contributed by atoms with Crippen LogP contribution in [0.2, 0.25) is 0 Å². The highest BCUT2D eigenvalue weighted by molar-refractivity contribution is 7.11. The Hall–Kier alpha value is -0.420. The second-order valence-corrected chi connectivity index (χ2v) is 6.78. The molecule has 19 heavy (non-hydrogen) atoms. The van der Waals surface area contributed by atoms with Gasteiger partial charge in [-0.3, -0.25) is 4.90 Å². The van der Waals surface area contributed by atoms with Gasteiger partial charge in [-0.2, -0.15) is 0 Å². The Balaban J connectivity index is 1.59. The lowest BCUT2D eigenvalue weighted by molar-refractivity contribution is -0.0584. The van der Waals surface area contributed by atoms with Crippen LogP contribution in [-0.2, 0) is 17.8 Å². The third-order valence-electron chi connectivity index (χ3n) is 4.22. The van der Waals surface area contributed by atoms with Crippen molar-refractivity contribution in [2.45, 2.75) is 51.4 Å². The Kier molecular flexibility index (Phi) is 4.53. The molecule has 1 aliphatic heterocycles. The molecule has 1 aromatic rings. The molecule has 1 saturated carbocycles. The van der Waals surface area contributed by atoms with E-state index in [1.807, 2.05) is 11.3 Å². The molecule has 2 fully saturated rings. The van der Waals surface area contributed by atoms with Crippen molar-refractivity contribution in [2.75, 3.05) is 19.7 Å². The predicted octanol–water partition coefficient (Wildman–Crippen LogP) is 2.61. The van der Waals surface area contributed by atoms with Gasteiger partial charge in [-0.1, -0.05) is 6.92 Å². The van der Waals surface area contributed by atoms with Crippen molar-refractivity contribution in [2.24, 2.45) is 0 Å². The van der Waals surface area contributed by atoms with Gasteiger partial charge in [-0.05, 0) is 37.9 Å². The van der Waals surface area contributed by atoms with Gasteiger partial charge in [0.1, 0.15) is 0 Å². The van der Waals surface area contributed by atoms with Crippen molar-refractivity contribution in [3.05, 3.63) is 21.9 Å². The molecule has 2 unspecified atom stereocenters. The molecule has 1 aromatic heterocycles. The quantitative estimate of drug-likeness (QED) is 0.897. The van der Waals surface area contributed by atoms with Crippen LogP contribution in [-0.4, -0.2) is 36.7 Å². The lowest BCUT2D eigenvalue weighted by Crippen LogP contribution is -2.47. The van der Waals surface area contributed by atoms with Gasteiger partial charge in [-0.25, -0.2) is 0 Å². The van der Waals surface area contributed by atoms with Crippen LogP contribution in [0.25, 0.3) is 0 Å². The highest BCUT2D eigenvalue weighted by Gasteiger charge is 2.35. The molecule has 106 valence electrons. The highest BCUT2D eigenvalue weighted by Crippen LogP contribution is 2.31. The maximum absolute atomic E-state index is 5.88. The SMILES string of the molecule is CCNCc1ccc(CN2CCOC3CCCC32)s1. The van der Waals surface area contributed by atoms with Gasteiger partial charge in [0, 0.05) is 35.4 Å². The fourth-order valence-corrected chi connectivity index (χ4v) is 4.27. The first-order chi connectivity index (χ1) is 9.36. The molecule has 4 heteroatoms. The Labute approximate surface area is 119 Å². The molecule has 0 aromatic carbocycles. The van der Waals surface area contributed by atoms with E-state index < -0.39 is 0 Å². The summed E-state index contributed by atoms with van der Waals surface area (Å²) in [6.07, 6.45) is 4.43. The van der Waals surface area contributed by atoms with Gasteiger partial charge < -0.3 is 10.1 Å². The molecule has 0 amide bonds. The number of nitrogens with one attached hydrogen (secondary N) is 1. The Morgan fingerprint density at radius 2 is 2.26 bits per heavy atom. The van der Waals surface area contributed by atoms with Crippen LogP contribution in [0.4, 0.5) is 0 Å². The van der Waals surface area contributed by atoms with E-state index in [0.29, 0.717) is 12.1 Å². The first-order valence-electron chi connectivity index (χ1n) is 7.51. The second-order valence-electron chi connectivity index (χ2n) is 5.53. The number of hydrogen-bond donors (Lipinski definition) is 1. The topological polar surface area (TPSA) is 24.5 Å². The van der Waals surface area contributed by atoms with Crippen molar-refractivity contribution in [1.29, 1.82) is 0 Å². The summed E-state index contributed by atoms with van der Waals surface area (Å²) in [7, 11) is 0. The lowest BCUT2D eigenvalue weighted by Gasteiger charge is -2.37. The number of ether oxygens (including phenoxy) is 1. The van der Waals surface area contributed by atoms with Crippen LogP contribution < -0.4 is 5.32 Å². The average molecular weight is 280 g/mol. The van der Waals surface area contributed by atoms with E-state index in [4.69, 9.17) is 4.74 Å². The van der Waals surface area contributed by atoms with Crippen molar-refractivity contribution in [3.8, 4) is 0 Å². The molecular formula is C15H24N2OS. The third kappa shape index (κ3) is 3.19. The molecule has 2 heterocycles. The van der Waals surface area contributed by atoms with Crippen molar-refractivity contribution < 1.29 is 4.74 Å². The number of nitrogens with zero attached hydrogens (tertiary/aromatic N) is 1. The first-order valence-corrected chi connectivity index (χ1v) is 8.32. The Morgan fingerprint density at radius 3 is 3.16 bits per heavy atom. The standard InChI is InChI=1S/C15H24N2OS/c1-2-16-10-12-6-7-13(19-12)11-17-8-9-18-15-5-3-4-14(15)17/h6-7,14-16H,2-5,8-11H2,1H3. The zero-order valence-corrected chi connectivity index (χ0v) is 12.5. The molecule has 1 N–H and O–H groups in total. The number of hydrogen-bond acceptors (Lipinski definition) is 4. The molecular weight excluding hydrogens is 256 g/mol. The molecule has 2 atom stereocenters. The summed E-state index contributed by atoms with van der Waals surface area (Å²) >= 11 is 1.96. The molecule has 0 radical (unpaired) electrons. The van der Waals surface area contributed by atoms with E-state index in [9.17, 15) is 0 Å². The molecule has 1 aliphatic carbocycles. The van der Waals surface area contributed by atoms with Crippen molar-refractivity contribution in [1.82, 2.24) is 10.2 Å². The Bertz CT molecular complexity index is 407. The lowest BCUT2D eigenvalue weighted by atomic mass is 10.1. The number of fused-ring (bicyclic) bond motifs is 1. The minimum Gasteiger partial charge on any atom is -0.375 e. The average Bonchev–Trinajstić information content (AvgIpc) is 3.05. The summed E-state index contributed by atoms with van der Waals surface area (Å²) in [5.41, 5.74) is 0. The zero-order chi connectivity index (χ0) is 13.1. The van der Waals surface area contributed by atoms with Gasteiger partial charge in [0.15, 0.2) is 0 Å². The van der Waals surface area contributed by atoms with Crippen molar-refractivity contribution in [3.63, 3.8) is 0 Å². The Morgan fingerprint density at radius 1 is 1.37 bits per heavy atom. The van der Waals surface area contributed by atoms with Crippen LogP contribution in [0.5, 0.6) is 0 Å². The molecule has 0 spiro atoms. The van der Waals surface area contributed by atoms with Crippen LogP contribution in [0.3, 0.4) is 0 Å². The number of rotatable bonds is 5. The number of thiophene rings is 1. The smallest absolute Gasteiger partial charge is 0.0731 e. The number of morpholine rings is 1. The van der Waals surface area contributed by atoms with E-state index in [0.717, 1.165) is 32.8 Å². The molecule has 3 rings (SSSR count). The van der Waals surface area contributed by atoms with E-state index in [2.05, 4.69) is 29.3 Å². The summed E-state index contributed by atoms with van der Waals surface area (Å²) in [6.45, 7) is 7.33. The van der Waals surface area contributed by atoms with Crippen LogP contribution in [0, 0.1) is 0 Å². The molecule has 2 aliphatic rings. The van der Waals surface area contributed by atoms with E-state index in [-0.39, 0.29) is 0 Å². The fourth-order valence-electron chi connectivity index (χ4n) is 3.25. The van der Waals surface area contributed by atoms with Gasteiger partial charge in [0.25, 0.3) is 0 Å². The van der Waals surface area contributed by atoms with E-state index in [1.54, 1.807) is 0 Å². The maximum atomic E-state index is 5.88. The predicted molar refractivity (Wildman–Crippen MR) is 79.5 cm³/mol. The minimum absolute atomic E-state index is 0.509. The van der Waals surface area contributed by atoms with Gasteiger partial charge >= 0.3 is 0 Å². The van der Waals surface area contributed by atoms with Gasteiger partial charge in [0.2, 0.25) is 0 Å². The van der Waals surface area contributed by atoms with Crippen molar-refractivity contribution >= 4 is 11.3 Å². The summed E-state index contributed by atoms with van der Waals surface area (Å²) in [4.78, 5) is 5.60. The van der Waals surface area contributed by atoms with Gasteiger partial charge in [0.05, 0.1) is 12.7 Å². The van der Waals surface area contributed by atoms with Crippen LogP contribution >= 0.6 is 11.3 Å². The molecule has 0 bridgehead atoms. The van der Waals surface area contributed by atoms with E-state index in [1.165, 1.54) is 29.0 Å². The van der Waals surface area contributed by atoms with Gasteiger partial charge in [-0.15, -0.1) is 11.3 Å². The monoisotopic (exact) mass is 280 g/mol. The maximum Gasteiger partial charge on any atom is 0.0731 e. The summed E-state index contributed by atoms with van der Waals surface area (Å²) in [5.74, 6) is 0. The molecule has 3 nitrogen and oxygen atoms in total. The van der Waals surface area contributed by atoms with Crippen LogP contribution in [0.15, 0.2) is 12.1 Å². The zero-order valence-electron chi connectivity index (χ0n) is 11.7.